The van der Waals surface area contributed by atoms with Crippen molar-refractivity contribution in [2.45, 2.75) is 6.29 Å². The highest BCUT2D eigenvalue weighted by molar-refractivity contribution is 5.83. The molecule has 0 radical (unpaired) electrons. The molecule has 0 N–H and O–H groups in total. The minimum absolute atomic E-state index is 0.340. The summed E-state index contributed by atoms with van der Waals surface area (Å²) in [5.74, 6) is 0.723. The van der Waals surface area contributed by atoms with Crippen molar-refractivity contribution >= 4 is 11.1 Å². The fourth-order valence-electron chi connectivity index (χ4n) is 3.88. The summed E-state index contributed by atoms with van der Waals surface area (Å²) in [6.07, 6.45) is 1.11. The van der Waals surface area contributed by atoms with Gasteiger partial charge in [-0.1, -0.05) is 24.3 Å². The third kappa shape index (κ3) is 3.90. The summed E-state index contributed by atoms with van der Waals surface area (Å²) in [7, 11) is 5.00. The molecule has 2 aromatic heterocycles. The van der Waals surface area contributed by atoms with E-state index >= 15 is 0 Å². The van der Waals surface area contributed by atoms with E-state index < -0.39 is 6.29 Å². The summed E-state index contributed by atoms with van der Waals surface area (Å²) in [5, 5.41) is 8.09. The van der Waals surface area contributed by atoms with Gasteiger partial charge in [0.15, 0.2) is 17.7 Å². The van der Waals surface area contributed by atoms with Crippen LogP contribution in [0.3, 0.4) is 0 Å². The molecule has 7 nitrogen and oxygen atoms in total. The molecule has 0 unspecified atom stereocenters. The zero-order valence-electron chi connectivity index (χ0n) is 18.3. The predicted molar refractivity (Wildman–Crippen MR) is 122 cm³/mol. The standard InChI is InChI=1S/C25H21FN4O3/c1-30-14-27-29-23(30)20-13-18(26)8-9-19(20)15-5-4-6-16(11-15)24-28-21-12-17(25(31-2)32-3)7-10-22(21)33-24/h4-14,25H,1-3H3. The summed E-state index contributed by atoms with van der Waals surface area (Å²) in [6.45, 7) is 0. The summed E-state index contributed by atoms with van der Waals surface area (Å²) in [5.41, 5.74) is 5.37. The van der Waals surface area contributed by atoms with Crippen molar-refractivity contribution in [1.82, 2.24) is 19.7 Å². The Labute approximate surface area is 189 Å². The summed E-state index contributed by atoms with van der Waals surface area (Å²) < 4.78 is 32.5. The fraction of sp³-hybridized carbons (Fsp3) is 0.160. The van der Waals surface area contributed by atoms with E-state index in [1.807, 2.05) is 49.5 Å². The molecule has 0 saturated heterocycles. The van der Waals surface area contributed by atoms with Crippen molar-refractivity contribution in [1.29, 1.82) is 0 Å². The molecule has 8 heteroatoms. The highest BCUT2D eigenvalue weighted by atomic mass is 19.1. The second kappa shape index (κ2) is 8.57. The highest BCUT2D eigenvalue weighted by Gasteiger charge is 2.16. The van der Waals surface area contributed by atoms with Gasteiger partial charge in [-0.15, -0.1) is 10.2 Å². The number of aryl methyl sites for hydroxylation is 1. The topological polar surface area (TPSA) is 75.2 Å². The van der Waals surface area contributed by atoms with E-state index in [0.717, 1.165) is 22.3 Å². The van der Waals surface area contributed by atoms with Gasteiger partial charge in [0.2, 0.25) is 5.89 Å². The lowest BCUT2D eigenvalue weighted by molar-refractivity contribution is -0.105. The first-order valence-corrected chi connectivity index (χ1v) is 10.3. The van der Waals surface area contributed by atoms with Crippen LogP contribution in [0.1, 0.15) is 11.9 Å². The van der Waals surface area contributed by atoms with Gasteiger partial charge in [-0.3, -0.25) is 0 Å². The summed E-state index contributed by atoms with van der Waals surface area (Å²) >= 11 is 0. The fourth-order valence-corrected chi connectivity index (χ4v) is 3.88. The smallest absolute Gasteiger partial charge is 0.227 e. The van der Waals surface area contributed by atoms with Gasteiger partial charge in [-0.2, -0.15) is 0 Å². The van der Waals surface area contributed by atoms with Crippen molar-refractivity contribution in [3.63, 3.8) is 0 Å². The average molecular weight is 444 g/mol. The van der Waals surface area contributed by atoms with Crippen molar-refractivity contribution in [2.75, 3.05) is 14.2 Å². The van der Waals surface area contributed by atoms with E-state index in [1.54, 1.807) is 31.2 Å². The molecule has 0 spiro atoms. The quantitative estimate of drug-likeness (QED) is 0.327. The van der Waals surface area contributed by atoms with E-state index in [0.29, 0.717) is 28.4 Å². The van der Waals surface area contributed by atoms with E-state index in [2.05, 4.69) is 15.2 Å². The Morgan fingerprint density at radius 2 is 1.76 bits per heavy atom. The van der Waals surface area contributed by atoms with Crippen molar-refractivity contribution in [2.24, 2.45) is 7.05 Å². The average Bonchev–Trinajstić information content (AvgIpc) is 3.45. The molecule has 5 rings (SSSR count). The van der Waals surface area contributed by atoms with Gasteiger partial charge >= 0.3 is 0 Å². The first-order valence-electron chi connectivity index (χ1n) is 10.3. The molecule has 0 aliphatic carbocycles. The van der Waals surface area contributed by atoms with Crippen LogP contribution in [0.25, 0.3) is 45.1 Å². The molecule has 0 fully saturated rings. The van der Waals surface area contributed by atoms with Crippen LogP contribution in [0.15, 0.2) is 71.4 Å². The first kappa shape index (κ1) is 21.0. The number of halogens is 1. The maximum absolute atomic E-state index is 14.1. The van der Waals surface area contributed by atoms with Gasteiger partial charge in [0.25, 0.3) is 0 Å². The van der Waals surface area contributed by atoms with Crippen LogP contribution in [0.4, 0.5) is 4.39 Å². The number of hydrogen-bond acceptors (Lipinski definition) is 6. The van der Waals surface area contributed by atoms with E-state index in [1.165, 1.54) is 12.1 Å². The molecule has 2 heterocycles. The highest BCUT2D eigenvalue weighted by Crippen LogP contribution is 2.34. The Kier molecular flexibility index (Phi) is 5.45. The molecule has 33 heavy (non-hydrogen) atoms. The Morgan fingerprint density at radius 1 is 0.939 bits per heavy atom. The van der Waals surface area contributed by atoms with Gasteiger partial charge in [0.1, 0.15) is 17.7 Å². The van der Waals surface area contributed by atoms with E-state index in [-0.39, 0.29) is 5.82 Å². The third-order valence-electron chi connectivity index (χ3n) is 5.47. The molecule has 0 bridgehead atoms. The lowest BCUT2D eigenvalue weighted by atomic mass is 9.97. The van der Waals surface area contributed by atoms with Gasteiger partial charge in [0, 0.05) is 38.0 Å². The Balaban J connectivity index is 1.57. The van der Waals surface area contributed by atoms with Crippen LogP contribution in [0.2, 0.25) is 0 Å². The van der Waals surface area contributed by atoms with Crippen LogP contribution < -0.4 is 0 Å². The zero-order chi connectivity index (χ0) is 22.9. The Morgan fingerprint density at radius 3 is 2.52 bits per heavy atom. The van der Waals surface area contributed by atoms with Crippen molar-refractivity contribution in [3.8, 4) is 34.0 Å². The minimum atomic E-state index is -0.476. The molecule has 5 aromatic rings. The maximum atomic E-state index is 14.1. The van der Waals surface area contributed by atoms with Crippen LogP contribution in [-0.4, -0.2) is 34.0 Å². The lowest BCUT2D eigenvalue weighted by Gasteiger charge is -2.12. The van der Waals surface area contributed by atoms with Crippen molar-refractivity contribution < 1.29 is 18.3 Å². The number of aromatic nitrogens is 4. The SMILES string of the molecule is COC(OC)c1ccc2oc(-c3cccc(-c4ccc(F)cc4-c4nncn4C)c3)nc2c1. The summed E-state index contributed by atoms with van der Waals surface area (Å²) in [4.78, 5) is 4.67. The third-order valence-corrected chi connectivity index (χ3v) is 5.47. The number of hydrogen-bond donors (Lipinski definition) is 0. The molecule has 0 aliphatic heterocycles. The molecule has 0 amide bonds. The second-order valence-corrected chi connectivity index (χ2v) is 7.59. The normalized spacial score (nSPS) is 11.5. The Hall–Kier alpha value is -3.88. The first-order chi connectivity index (χ1) is 16.1. The largest absolute Gasteiger partial charge is 0.436 e. The molecular weight excluding hydrogens is 423 g/mol. The molecule has 0 saturated carbocycles. The number of ether oxygens (including phenoxy) is 2. The molecule has 0 aliphatic rings. The number of oxazole rings is 1. The van der Waals surface area contributed by atoms with Gasteiger partial charge in [-0.25, -0.2) is 9.37 Å². The number of benzene rings is 3. The van der Waals surface area contributed by atoms with Gasteiger partial charge < -0.3 is 18.5 Å². The van der Waals surface area contributed by atoms with Gasteiger partial charge in [-0.05, 0) is 47.5 Å². The Bertz CT molecular complexity index is 1440. The van der Waals surface area contributed by atoms with Crippen LogP contribution in [0.5, 0.6) is 0 Å². The van der Waals surface area contributed by atoms with Crippen LogP contribution >= 0.6 is 0 Å². The predicted octanol–water partition coefficient (Wildman–Crippen LogP) is 5.39. The monoisotopic (exact) mass is 444 g/mol. The van der Waals surface area contributed by atoms with E-state index in [4.69, 9.17) is 13.9 Å². The second-order valence-electron chi connectivity index (χ2n) is 7.59. The maximum Gasteiger partial charge on any atom is 0.227 e. The number of nitrogens with zero attached hydrogens (tertiary/aromatic N) is 4. The van der Waals surface area contributed by atoms with Crippen LogP contribution in [0, 0.1) is 5.82 Å². The van der Waals surface area contributed by atoms with Crippen molar-refractivity contribution in [3.05, 3.63) is 78.4 Å². The molecular formula is C25H21FN4O3. The molecule has 166 valence electrons. The van der Waals surface area contributed by atoms with E-state index in [9.17, 15) is 4.39 Å². The summed E-state index contributed by atoms with van der Waals surface area (Å²) in [6, 6.07) is 18.0. The molecule has 3 aromatic carbocycles. The zero-order valence-corrected chi connectivity index (χ0v) is 18.3. The number of rotatable bonds is 6. The number of methoxy groups -OCH3 is 2. The van der Waals surface area contributed by atoms with Gasteiger partial charge in [0.05, 0.1) is 0 Å². The number of fused-ring (bicyclic) bond motifs is 1. The minimum Gasteiger partial charge on any atom is -0.436 e. The van der Waals surface area contributed by atoms with Crippen LogP contribution in [-0.2, 0) is 16.5 Å². The molecule has 0 atom stereocenters. The lowest BCUT2D eigenvalue weighted by Crippen LogP contribution is -2.03.